The van der Waals surface area contributed by atoms with Crippen molar-refractivity contribution in [2.24, 2.45) is 0 Å². The lowest BCUT2D eigenvalue weighted by atomic mass is 10.1. The van der Waals surface area contributed by atoms with Crippen molar-refractivity contribution in [3.8, 4) is 0 Å². The van der Waals surface area contributed by atoms with Crippen LogP contribution in [-0.4, -0.2) is 46.3 Å². The molecule has 0 bridgehead atoms. The monoisotopic (exact) mass is 168 g/mol. The summed E-state index contributed by atoms with van der Waals surface area (Å²) >= 11 is 0. The van der Waals surface area contributed by atoms with Gasteiger partial charge in [0.25, 0.3) is 0 Å². The zero-order valence-corrected chi connectivity index (χ0v) is 6.75. The first-order valence-corrected chi connectivity index (χ1v) is 4.11. The second-order valence-corrected chi connectivity index (χ2v) is 2.89. The SMILES string of the molecule is C1CNC(Cc2nn[nH]n2)CN1. The highest BCUT2D eigenvalue weighted by atomic mass is 15.5. The Kier molecular flexibility index (Phi) is 2.28. The number of rotatable bonds is 2. The van der Waals surface area contributed by atoms with Crippen LogP contribution in [0.2, 0.25) is 0 Å². The maximum absolute atomic E-state index is 3.90. The molecule has 1 aromatic heterocycles. The average Bonchev–Trinajstić information content (AvgIpc) is 2.59. The van der Waals surface area contributed by atoms with Crippen LogP contribution in [-0.2, 0) is 6.42 Å². The molecule has 1 unspecified atom stereocenters. The van der Waals surface area contributed by atoms with Gasteiger partial charge in [0.1, 0.15) is 0 Å². The van der Waals surface area contributed by atoms with Gasteiger partial charge in [-0.2, -0.15) is 5.21 Å². The van der Waals surface area contributed by atoms with Gasteiger partial charge in [0.2, 0.25) is 0 Å². The van der Waals surface area contributed by atoms with E-state index in [1.165, 1.54) is 0 Å². The summed E-state index contributed by atoms with van der Waals surface area (Å²) in [5.41, 5.74) is 0. The molecule has 6 nitrogen and oxygen atoms in total. The molecule has 1 aliphatic rings. The van der Waals surface area contributed by atoms with Crippen molar-refractivity contribution in [2.75, 3.05) is 19.6 Å². The summed E-state index contributed by atoms with van der Waals surface area (Å²) in [6, 6.07) is 0.441. The molecule has 1 aromatic rings. The molecule has 0 aliphatic carbocycles. The van der Waals surface area contributed by atoms with Gasteiger partial charge in [0.05, 0.1) is 0 Å². The fourth-order valence-electron chi connectivity index (χ4n) is 1.35. The minimum Gasteiger partial charge on any atom is -0.314 e. The Morgan fingerprint density at radius 2 is 2.42 bits per heavy atom. The van der Waals surface area contributed by atoms with Gasteiger partial charge < -0.3 is 10.6 Å². The normalized spacial score (nSPS) is 24.2. The number of nitrogens with zero attached hydrogens (tertiary/aromatic N) is 3. The lowest BCUT2D eigenvalue weighted by Gasteiger charge is -2.22. The molecule has 2 rings (SSSR count). The number of aromatic nitrogens is 4. The third-order valence-corrected chi connectivity index (χ3v) is 1.94. The van der Waals surface area contributed by atoms with Crippen LogP contribution >= 0.6 is 0 Å². The summed E-state index contributed by atoms with van der Waals surface area (Å²) in [7, 11) is 0. The average molecular weight is 168 g/mol. The van der Waals surface area contributed by atoms with E-state index in [4.69, 9.17) is 0 Å². The molecule has 0 spiro atoms. The van der Waals surface area contributed by atoms with E-state index < -0.39 is 0 Å². The number of nitrogens with one attached hydrogen (secondary N) is 3. The molecule has 3 N–H and O–H groups in total. The maximum atomic E-state index is 3.90. The second-order valence-electron chi connectivity index (χ2n) is 2.89. The van der Waals surface area contributed by atoms with Gasteiger partial charge in [-0.1, -0.05) is 5.21 Å². The van der Waals surface area contributed by atoms with E-state index in [0.29, 0.717) is 6.04 Å². The minimum absolute atomic E-state index is 0.441. The topological polar surface area (TPSA) is 78.5 Å². The molecular formula is C6H12N6. The molecule has 1 aliphatic heterocycles. The van der Waals surface area contributed by atoms with Crippen LogP contribution in [0.4, 0.5) is 0 Å². The Morgan fingerprint density at radius 3 is 3.08 bits per heavy atom. The van der Waals surface area contributed by atoms with Crippen LogP contribution in [0.3, 0.4) is 0 Å². The summed E-state index contributed by atoms with van der Waals surface area (Å²) in [6.45, 7) is 3.04. The molecule has 0 aromatic carbocycles. The second kappa shape index (κ2) is 3.59. The van der Waals surface area contributed by atoms with Crippen LogP contribution in [0.1, 0.15) is 5.82 Å². The third kappa shape index (κ3) is 1.77. The quantitative estimate of drug-likeness (QED) is 0.491. The standard InChI is InChI=1S/C6H12N6/c1-2-8-5(4-7-1)3-6-9-11-12-10-6/h5,7-8H,1-4H2,(H,9,10,11,12). The molecule has 1 atom stereocenters. The largest absolute Gasteiger partial charge is 0.314 e. The van der Waals surface area contributed by atoms with Crippen molar-refractivity contribution in [1.29, 1.82) is 0 Å². The number of tetrazole rings is 1. The lowest BCUT2D eigenvalue weighted by molar-refractivity contribution is 0.411. The smallest absolute Gasteiger partial charge is 0.176 e. The van der Waals surface area contributed by atoms with E-state index in [-0.39, 0.29) is 0 Å². The fraction of sp³-hybridized carbons (Fsp3) is 0.833. The van der Waals surface area contributed by atoms with Gasteiger partial charge in [0, 0.05) is 32.1 Å². The number of aromatic amines is 1. The molecule has 12 heavy (non-hydrogen) atoms. The van der Waals surface area contributed by atoms with Crippen LogP contribution in [0.25, 0.3) is 0 Å². The third-order valence-electron chi connectivity index (χ3n) is 1.94. The predicted octanol–water partition coefficient (Wildman–Crippen LogP) is -1.70. The summed E-state index contributed by atoms with van der Waals surface area (Å²) in [4.78, 5) is 0. The first-order valence-electron chi connectivity index (χ1n) is 4.11. The minimum atomic E-state index is 0.441. The number of piperazine rings is 1. The summed E-state index contributed by atoms with van der Waals surface area (Å²) in [6.07, 6.45) is 0.837. The molecule has 66 valence electrons. The van der Waals surface area contributed by atoms with Gasteiger partial charge >= 0.3 is 0 Å². The van der Waals surface area contributed by atoms with Crippen molar-refractivity contribution >= 4 is 0 Å². The number of hydrogen-bond acceptors (Lipinski definition) is 5. The van der Waals surface area contributed by atoms with E-state index >= 15 is 0 Å². The molecule has 0 saturated carbocycles. The van der Waals surface area contributed by atoms with Crippen molar-refractivity contribution in [2.45, 2.75) is 12.5 Å². The lowest BCUT2D eigenvalue weighted by Crippen LogP contribution is -2.49. The number of H-pyrrole nitrogens is 1. The summed E-state index contributed by atoms with van der Waals surface area (Å²) < 4.78 is 0. The first kappa shape index (κ1) is 7.63. The highest BCUT2D eigenvalue weighted by Crippen LogP contribution is 1.94. The van der Waals surface area contributed by atoms with E-state index in [0.717, 1.165) is 31.9 Å². The van der Waals surface area contributed by atoms with Gasteiger partial charge in [-0.15, -0.1) is 10.2 Å². The van der Waals surface area contributed by atoms with E-state index in [1.807, 2.05) is 0 Å². The molecule has 0 radical (unpaired) electrons. The molecular weight excluding hydrogens is 156 g/mol. The van der Waals surface area contributed by atoms with Crippen molar-refractivity contribution in [3.05, 3.63) is 5.82 Å². The Bertz CT molecular complexity index is 214. The van der Waals surface area contributed by atoms with Crippen LogP contribution < -0.4 is 10.6 Å². The Balaban J connectivity index is 1.86. The molecule has 6 heteroatoms. The summed E-state index contributed by atoms with van der Waals surface area (Å²) in [5.74, 6) is 0.774. The predicted molar refractivity (Wildman–Crippen MR) is 42.5 cm³/mol. The number of hydrogen-bond donors (Lipinski definition) is 3. The molecule has 0 amide bonds. The van der Waals surface area contributed by atoms with Gasteiger partial charge in [0.15, 0.2) is 5.82 Å². The Morgan fingerprint density at radius 1 is 1.42 bits per heavy atom. The molecule has 1 saturated heterocycles. The van der Waals surface area contributed by atoms with Gasteiger partial charge in [-0.25, -0.2) is 0 Å². The molecule has 1 fully saturated rings. The highest BCUT2D eigenvalue weighted by Gasteiger charge is 2.14. The first-order chi connectivity index (χ1) is 5.95. The molecule has 2 heterocycles. The van der Waals surface area contributed by atoms with Crippen molar-refractivity contribution in [3.63, 3.8) is 0 Å². The van der Waals surface area contributed by atoms with Crippen LogP contribution in [0.5, 0.6) is 0 Å². The van der Waals surface area contributed by atoms with Crippen LogP contribution in [0, 0.1) is 0 Å². The zero-order valence-electron chi connectivity index (χ0n) is 6.75. The summed E-state index contributed by atoms with van der Waals surface area (Å²) in [5, 5.41) is 20.4. The maximum Gasteiger partial charge on any atom is 0.176 e. The van der Waals surface area contributed by atoms with Crippen molar-refractivity contribution < 1.29 is 0 Å². The van der Waals surface area contributed by atoms with E-state index in [2.05, 4.69) is 31.3 Å². The van der Waals surface area contributed by atoms with Gasteiger partial charge in [-0.05, 0) is 0 Å². The van der Waals surface area contributed by atoms with E-state index in [1.54, 1.807) is 0 Å². The zero-order chi connectivity index (χ0) is 8.23. The Labute approximate surface area is 70.1 Å². The fourth-order valence-corrected chi connectivity index (χ4v) is 1.35. The van der Waals surface area contributed by atoms with E-state index in [9.17, 15) is 0 Å². The van der Waals surface area contributed by atoms with Crippen molar-refractivity contribution in [1.82, 2.24) is 31.3 Å². The highest BCUT2D eigenvalue weighted by molar-refractivity contribution is 4.87. The van der Waals surface area contributed by atoms with Crippen LogP contribution in [0.15, 0.2) is 0 Å². The Hall–Kier alpha value is -1.01. The van der Waals surface area contributed by atoms with Gasteiger partial charge in [-0.3, -0.25) is 0 Å².